The van der Waals surface area contributed by atoms with Crippen LogP contribution >= 0.6 is 0 Å². The summed E-state index contributed by atoms with van der Waals surface area (Å²) >= 11 is 0. The summed E-state index contributed by atoms with van der Waals surface area (Å²) in [6.07, 6.45) is 11.2. The third-order valence-electron chi connectivity index (χ3n) is 7.74. The maximum Gasteiger partial charge on any atom is 0.328 e. The van der Waals surface area contributed by atoms with Gasteiger partial charge < -0.3 is 35.4 Å². The molecule has 2 amide bonds. The molecule has 0 radical (unpaired) electrons. The summed E-state index contributed by atoms with van der Waals surface area (Å²) in [5.74, 6) is -2.22. The first-order valence-electron chi connectivity index (χ1n) is 15.3. The number of aryl methyl sites for hydroxylation is 1. The van der Waals surface area contributed by atoms with Crippen molar-refractivity contribution < 1.29 is 39.2 Å². The van der Waals surface area contributed by atoms with Gasteiger partial charge in [0.2, 0.25) is 5.91 Å². The summed E-state index contributed by atoms with van der Waals surface area (Å²) in [6.45, 7) is 5.10. The number of carbonyl (C=O) groups is 3. The van der Waals surface area contributed by atoms with E-state index in [1.165, 1.54) is 19.2 Å². The lowest BCUT2D eigenvalue weighted by Gasteiger charge is -2.29. The van der Waals surface area contributed by atoms with Crippen LogP contribution in [-0.2, 0) is 25.5 Å². The maximum atomic E-state index is 13.1. The van der Waals surface area contributed by atoms with E-state index in [0.29, 0.717) is 36.0 Å². The van der Waals surface area contributed by atoms with E-state index >= 15 is 0 Å². The summed E-state index contributed by atoms with van der Waals surface area (Å²) < 4.78 is 11.2. The minimum atomic E-state index is -0.966. The Morgan fingerprint density at radius 3 is 2.50 bits per heavy atom. The van der Waals surface area contributed by atoms with E-state index in [0.717, 1.165) is 0 Å². The van der Waals surface area contributed by atoms with Gasteiger partial charge in [0.25, 0.3) is 5.91 Å². The van der Waals surface area contributed by atoms with Gasteiger partial charge in [0.15, 0.2) is 0 Å². The number of phenols is 2. The van der Waals surface area contributed by atoms with E-state index in [2.05, 4.69) is 10.6 Å². The molecule has 0 fully saturated rings. The molecule has 1 aliphatic heterocycles. The molecule has 5 N–H and O–H groups in total. The fourth-order valence-electron chi connectivity index (χ4n) is 4.93. The number of ether oxygens (including phenoxy) is 2. The van der Waals surface area contributed by atoms with Crippen LogP contribution in [0.2, 0.25) is 0 Å². The maximum absolute atomic E-state index is 13.1. The fraction of sp³-hybridized carbons (Fsp3) is 0.361. The number of esters is 1. The second-order valence-electron chi connectivity index (χ2n) is 11.3. The van der Waals surface area contributed by atoms with Crippen LogP contribution in [0.3, 0.4) is 0 Å². The van der Waals surface area contributed by atoms with Gasteiger partial charge in [-0.25, -0.2) is 4.79 Å². The lowest BCUT2D eigenvalue weighted by atomic mass is 9.90. The number of aliphatic hydroxyl groups is 1. The molecule has 0 saturated carbocycles. The number of rotatable bonds is 5. The zero-order valence-corrected chi connectivity index (χ0v) is 26.7. The van der Waals surface area contributed by atoms with E-state index in [-0.39, 0.29) is 23.6 Å². The Hall–Kier alpha value is -4.67. The van der Waals surface area contributed by atoms with Crippen LogP contribution in [0.1, 0.15) is 56.0 Å². The summed E-state index contributed by atoms with van der Waals surface area (Å²) in [6, 6.07) is 10.3. The minimum Gasteiger partial charge on any atom is -0.508 e. The number of hydrogen-bond donors (Lipinski definition) is 5. The monoisotopic (exact) mass is 632 g/mol. The number of fused-ring (bicyclic) bond motifs is 2. The van der Waals surface area contributed by atoms with Crippen molar-refractivity contribution in [3.8, 4) is 11.5 Å². The molecule has 1 heterocycles. The van der Waals surface area contributed by atoms with Gasteiger partial charge in [0.05, 0.1) is 24.3 Å². The van der Waals surface area contributed by atoms with Crippen molar-refractivity contribution in [3.63, 3.8) is 0 Å². The molecule has 1 aliphatic rings. The summed E-state index contributed by atoms with van der Waals surface area (Å²) in [7, 11) is 1.48. The first kappa shape index (κ1) is 35.8. The number of aromatic hydroxyl groups is 2. The van der Waals surface area contributed by atoms with Gasteiger partial charge in [-0.05, 0) is 56.0 Å². The SMILES string of the molecule is COC1\C=C/C=C/C=C/CC(OC(=O)[C@H](C)NC(=O)c2ccccc2)C(C)C(O)/C(C)=C/CCc2cc(O)cc(c2O)NC(=O)C1. The molecule has 246 valence electrons. The minimum absolute atomic E-state index is 0.0178. The molecular weight excluding hydrogens is 588 g/mol. The fourth-order valence-corrected chi connectivity index (χ4v) is 4.93. The molecule has 5 atom stereocenters. The number of anilines is 1. The smallest absolute Gasteiger partial charge is 0.328 e. The highest BCUT2D eigenvalue weighted by molar-refractivity contribution is 5.96. The normalized spacial score (nSPS) is 25.3. The van der Waals surface area contributed by atoms with Crippen molar-refractivity contribution in [1.82, 2.24) is 5.32 Å². The van der Waals surface area contributed by atoms with E-state index in [4.69, 9.17) is 9.47 Å². The molecule has 2 bridgehead atoms. The molecule has 0 aliphatic carbocycles. The second-order valence-corrected chi connectivity index (χ2v) is 11.3. The van der Waals surface area contributed by atoms with Crippen LogP contribution in [0, 0.1) is 5.92 Å². The molecule has 3 rings (SSSR count). The Balaban J connectivity index is 1.84. The lowest BCUT2D eigenvalue weighted by molar-refractivity contribution is -0.155. The van der Waals surface area contributed by atoms with Crippen molar-refractivity contribution in [3.05, 3.63) is 102 Å². The number of carbonyl (C=O) groups excluding carboxylic acids is 3. The van der Waals surface area contributed by atoms with Gasteiger partial charge in [0.1, 0.15) is 23.6 Å². The quantitative estimate of drug-likeness (QED) is 0.132. The number of allylic oxidation sites excluding steroid dienone is 5. The third-order valence-corrected chi connectivity index (χ3v) is 7.74. The standard InChI is InChI=1S/C36H44N2O8/c1-23-14-13-17-27-20-28(39)21-30(34(27)42)38-32(40)22-29(45-4)18-11-6-5-7-12-19-31(24(2)33(23)41)46-36(44)25(3)37-35(43)26-15-9-8-10-16-26/h5-12,14-16,18,20-21,24-25,29,31,33,39,41-42H,13,17,19,22H2,1-4H3,(H,37,43)(H,38,40)/b6-5+,12-7+,18-11-,23-14+/t24?,25-,29?,31?,33?/m0/s1. The molecule has 10 nitrogen and oxygen atoms in total. The summed E-state index contributed by atoms with van der Waals surface area (Å²) in [4.78, 5) is 38.4. The highest BCUT2D eigenvalue weighted by atomic mass is 16.5. The zero-order chi connectivity index (χ0) is 33.6. The number of aliphatic hydroxyl groups excluding tert-OH is 1. The highest BCUT2D eigenvalue weighted by Crippen LogP contribution is 2.34. The van der Waals surface area contributed by atoms with Crippen LogP contribution < -0.4 is 10.6 Å². The van der Waals surface area contributed by atoms with Crippen molar-refractivity contribution in [2.75, 3.05) is 12.4 Å². The Morgan fingerprint density at radius 2 is 1.78 bits per heavy atom. The Labute approximate surface area is 270 Å². The van der Waals surface area contributed by atoms with Crippen LogP contribution in [-0.4, -0.2) is 64.6 Å². The average molecular weight is 633 g/mol. The van der Waals surface area contributed by atoms with Gasteiger partial charge in [-0.1, -0.05) is 67.7 Å². The van der Waals surface area contributed by atoms with Gasteiger partial charge in [0, 0.05) is 31.1 Å². The zero-order valence-electron chi connectivity index (χ0n) is 26.7. The number of methoxy groups -OCH3 is 1. The van der Waals surface area contributed by atoms with Crippen molar-refractivity contribution in [2.24, 2.45) is 5.92 Å². The van der Waals surface area contributed by atoms with E-state index in [1.54, 1.807) is 81.5 Å². The van der Waals surface area contributed by atoms with Crippen LogP contribution in [0.4, 0.5) is 5.69 Å². The van der Waals surface area contributed by atoms with Gasteiger partial charge in [-0.2, -0.15) is 0 Å². The number of hydrogen-bond acceptors (Lipinski definition) is 8. The van der Waals surface area contributed by atoms with Gasteiger partial charge in [-0.15, -0.1) is 0 Å². The molecule has 2 aromatic carbocycles. The number of phenolic OH excluding ortho intramolecular Hbond substituents is 2. The molecule has 46 heavy (non-hydrogen) atoms. The van der Waals surface area contributed by atoms with Gasteiger partial charge >= 0.3 is 5.97 Å². The number of amides is 2. The highest BCUT2D eigenvalue weighted by Gasteiger charge is 2.30. The summed E-state index contributed by atoms with van der Waals surface area (Å²) in [5.41, 5.74) is 1.56. The number of benzene rings is 2. The molecule has 0 aromatic heterocycles. The van der Waals surface area contributed by atoms with Crippen LogP contribution in [0.5, 0.6) is 11.5 Å². The molecular formula is C36H44N2O8. The van der Waals surface area contributed by atoms with Crippen molar-refractivity contribution in [1.29, 1.82) is 0 Å². The topological polar surface area (TPSA) is 154 Å². The second kappa shape index (κ2) is 17.7. The Bertz CT molecular complexity index is 1460. The largest absolute Gasteiger partial charge is 0.508 e. The molecule has 4 unspecified atom stereocenters. The summed E-state index contributed by atoms with van der Waals surface area (Å²) in [5, 5.41) is 37.6. The predicted octanol–water partition coefficient (Wildman–Crippen LogP) is 5.12. The third kappa shape index (κ3) is 10.7. The Kier molecular flexibility index (Phi) is 13.8. The van der Waals surface area contributed by atoms with E-state index in [1.807, 2.05) is 12.2 Å². The molecule has 0 spiro atoms. The lowest BCUT2D eigenvalue weighted by Crippen LogP contribution is -2.43. The molecule has 0 saturated heterocycles. The van der Waals surface area contributed by atoms with Crippen molar-refractivity contribution >= 4 is 23.5 Å². The predicted molar refractivity (Wildman–Crippen MR) is 176 cm³/mol. The Morgan fingerprint density at radius 1 is 1.07 bits per heavy atom. The van der Waals surface area contributed by atoms with Gasteiger partial charge in [-0.3, -0.25) is 9.59 Å². The first-order valence-corrected chi connectivity index (χ1v) is 15.3. The van der Waals surface area contributed by atoms with E-state index in [9.17, 15) is 29.7 Å². The first-order chi connectivity index (χ1) is 22.0. The average Bonchev–Trinajstić information content (AvgIpc) is 3.04. The molecule has 10 heteroatoms. The van der Waals surface area contributed by atoms with Crippen LogP contribution in [0.15, 0.2) is 90.6 Å². The molecule has 2 aromatic rings. The van der Waals surface area contributed by atoms with Crippen molar-refractivity contribution in [2.45, 2.75) is 70.8 Å². The van der Waals surface area contributed by atoms with Crippen LogP contribution in [0.25, 0.3) is 0 Å². The number of nitrogens with one attached hydrogen (secondary N) is 2. The van der Waals surface area contributed by atoms with E-state index < -0.39 is 48.1 Å².